The molecule has 3 atom stereocenters. The molecule has 0 saturated carbocycles. The highest BCUT2D eigenvalue weighted by atomic mass is 16.6. The van der Waals surface area contributed by atoms with Crippen LogP contribution in [0.4, 0.5) is 4.79 Å². The number of carbonyl (C=O) groups excluding carboxylic acids is 1. The van der Waals surface area contributed by atoms with Gasteiger partial charge in [0.15, 0.2) is 0 Å². The van der Waals surface area contributed by atoms with Crippen LogP contribution in [-0.2, 0) is 4.74 Å². The molecular formula is C11H21NO5. The van der Waals surface area contributed by atoms with E-state index in [0.717, 1.165) is 6.08 Å². The van der Waals surface area contributed by atoms with Gasteiger partial charge in [-0.3, -0.25) is 0 Å². The highest BCUT2D eigenvalue weighted by molar-refractivity contribution is 5.68. The minimum absolute atomic E-state index is 0.523. The molecule has 17 heavy (non-hydrogen) atoms. The molecule has 0 aromatic rings. The number of hydrogen-bond donors (Lipinski definition) is 4. The summed E-state index contributed by atoms with van der Waals surface area (Å²) in [5.41, 5.74) is -0.675. The first-order chi connectivity index (χ1) is 7.71. The normalized spacial score (nSPS) is 16.8. The molecule has 0 heterocycles. The lowest BCUT2D eigenvalue weighted by Gasteiger charge is -2.26. The van der Waals surface area contributed by atoms with Crippen molar-refractivity contribution in [2.75, 3.05) is 6.61 Å². The molecule has 0 unspecified atom stereocenters. The molecule has 0 rings (SSSR count). The zero-order valence-corrected chi connectivity index (χ0v) is 10.4. The molecule has 0 aliphatic carbocycles. The van der Waals surface area contributed by atoms with E-state index in [1.54, 1.807) is 20.8 Å². The van der Waals surface area contributed by atoms with E-state index < -0.39 is 36.6 Å². The Morgan fingerprint density at radius 1 is 1.47 bits per heavy atom. The molecule has 100 valence electrons. The third kappa shape index (κ3) is 6.25. The summed E-state index contributed by atoms with van der Waals surface area (Å²) in [6.45, 7) is 7.85. The number of ether oxygens (including phenoxy) is 1. The molecule has 0 aromatic carbocycles. The molecular weight excluding hydrogens is 226 g/mol. The van der Waals surface area contributed by atoms with Crippen molar-refractivity contribution >= 4 is 6.09 Å². The van der Waals surface area contributed by atoms with E-state index >= 15 is 0 Å². The summed E-state index contributed by atoms with van der Waals surface area (Å²) in [5.74, 6) is 0. The van der Waals surface area contributed by atoms with Crippen LogP contribution in [0.5, 0.6) is 0 Å². The second kappa shape index (κ2) is 6.58. The van der Waals surface area contributed by atoms with Gasteiger partial charge >= 0.3 is 6.09 Å². The van der Waals surface area contributed by atoms with Crippen molar-refractivity contribution in [3.8, 4) is 0 Å². The minimum Gasteiger partial charge on any atom is -0.444 e. The van der Waals surface area contributed by atoms with Crippen LogP contribution in [0.25, 0.3) is 0 Å². The molecule has 0 aliphatic heterocycles. The second-order valence-electron chi connectivity index (χ2n) is 4.65. The molecule has 1 amide bonds. The summed E-state index contributed by atoms with van der Waals surface area (Å²) in [6, 6.07) is -1.02. The summed E-state index contributed by atoms with van der Waals surface area (Å²) in [6.07, 6.45) is -2.23. The summed E-state index contributed by atoms with van der Waals surface area (Å²) in [7, 11) is 0. The largest absolute Gasteiger partial charge is 0.444 e. The van der Waals surface area contributed by atoms with Crippen LogP contribution in [0.1, 0.15) is 20.8 Å². The second-order valence-corrected chi connectivity index (χ2v) is 4.65. The summed E-state index contributed by atoms with van der Waals surface area (Å²) in [5, 5.41) is 30.2. The van der Waals surface area contributed by atoms with Gasteiger partial charge < -0.3 is 25.4 Å². The van der Waals surface area contributed by atoms with Crippen molar-refractivity contribution in [3.63, 3.8) is 0 Å². The first kappa shape index (κ1) is 15.9. The topological polar surface area (TPSA) is 99.0 Å². The Balaban J connectivity index is 4.40. The lowest BCUT2D eigenvalue weighted by Crippen LogP contribution is -2.51. The van der Waals surface area contributed by atoms with Crippen LogP contribution in [0.2, 0.25) is 0 Å². The third-order valence-corrected chi connectivity index (χ3v) is 1.90. The zero-order valence-electron chi connectivity index (χ0n) is 10.4. The van der Waals surface area contributed by atoms with E-state index in [2.05, 4.69) is 11.9 Å². The predicted molar refractivity (Wildman–Crippen MR) is 62.5 cm³/mol. The molecule has 0 aliphatic rings. The lowest BCUT2D eigenvalue weighted by molar-refractivity contribution is -0.00167. The number of nitrogens with one attached hydrogen (secondary N) is 1. The molecule has 0 aromatic heterocycles. The van der Waals surface area contributed by atoms with Gasteiger partial charge in [0.2, 0.25) is 0 Å². The Morgan fingerprint density at radius 2 is 2.00 bits per heavy atom. The fourth-order valence-electron chi connectivity index (χ4n) is 1.08. The monoisotopic (exact) mass is 247 g/mol. The summed E-state index contributed by atoms with van der Waals surface area (Å²) < 4.78 is 4.95. The maximum Gasteiger partial charge on any atom is 0.408 e. The number of alkyl carbamates (subject to hydrolysis) is 1. The van der Waals surface area contributed by atoms with Gasteiger partial charge in [-0.1, -0.05) is 6.08 Å². The Morgan fingerprint density at radius 3 is 2.35 bits per heavy atom. The quantitative estimate of drug-likeness (QED) is 0.503. The maximum absolute atomic E-state index is 11.4. The SMILES string of the molecule is C=C[C@@H](O)[C@@H](O)[C@H](CO)NC(=O)OC(C)(C)C. The van der Waals surface area contributed by atoms with Gasteiger partial charge in [0, 0.05) is 0 Å². The lowest BCUT2D eigenvalue weighted by atomic mass is 10.1. The summed E-state index contributed by atoms with van der Waals surface area (Å²) in [4.78, 5) is 11.4. The molecule has 0 fully saturated rings. The van der Waals surface area contributed by atoms with E-state index in [0.29, 0.717) is 0 Å². The number of aliphatic hydroxyl groups excluding tert-OH is 3. The number of hydrogen-bond acceptors (Lipinski definition) is 5. The molecule has 4 N–H and O–H groups in total. The van der Waals surface area contributed by atoms with Crippen molar-refractivity contribution in [3.05, 3.63) is 12.7 Å². The van der Waals surface area contributed by atoms with Gasteiger partial charge in [0.05, 0.1) is 18.8 Å². The predicted octanol–water partition coefficient (Wildman–Crippen LogP) is -0.220. The Bertz CT molecular complexity index is 261. The zero-order chi connectivity index (χ0) is 13.6. The standard InChI is InChI=1S/C11H21NO5/c1-5-8(14)9(15)7(6-13)12-10(16)17-11(2,3)4/h5,7-9,13-15H,1,6H2,2-4H3,(H,12,16)/t7-,8+,9-/m0/s1. The summed E-state index contributed by atoms with van der Waals surface area (Å²) >= 11 is 0. The van der Waals surface area contributed by atoms with Crippen molar-refractivity contribution in [1.29, 1.82) is 0 Å². The molecule has 0 spiro atoms. The highest BCUT2D eigenvalue weighted by Crippen LogP contribution is 2.08. The van der Waals surface area contributed by atoms with Crippen molar-refractivity contribution < 1.29 is 24.9 Å². The van der Waals surface area contributed by atoms with Crippen molar-refractivity contribution in [2.24, 2.45) is 0 Å². The molecule has 0 radical (unpaired) electrons. The van der Waals surface area contributed by atoms with Gasteiger partial charge in [0.1, 0.15) is 11.7 Å². The fraction of sp³-hybridized carbons (Fsp3) is 0.727. The van der Waals surface area contributed by atoms with Crippen LogP contribution in [0.15, 0.2) is 12.7 Å². The van der Waals surface area contributed by atoms with E-state index in [1.165, 1.54) is 0 Å². The molecule has 0 saturated heterocycles. The fourth-order valence-corrected chi connectivity index (χ4v) is 1.08. The first-order valence-electron chi connectivity index (χ1n) is 5.30. The van der Waals surface area contributed by atoms with Crippen LogP contribution in [0.3, 0.4) is 0 Å². The smallest absolute Gasteiger partial charge is 0.408 e. The average molecular weight is 247 g/mol. The van der Waals surface area contributed by atoms with E-state index in [9.17, 15) is 15.0 Å². The van der Waals surface area contributed by atoms with E-state index in [1.807, 2.05) is 0 Å². The van der Waals surface area contributed by atoms with Crippen LogP contribution >= 0.6 is 0 Å². The van der Waals surface area contributed by atoms with Gasteiger partial charge in [0.25, 0.3) is 0 Å². The Labute approximate surface area is 101 Å². The van der Waals surface area contributed by atoms with E-state index in [4.69, 9.17) is 9.84 Å². The highest BCUT2D eigenvalue weighted by Gasteiger charge is 2.27. The molecule has 6 nitrogen and oxygen atoms in total. The number of carbonyl (C=O) groups is 1. The average Bonchev–Trinajstić information content (AvgIpc) is 2.21. The maximum atomic E-state index is 11.4. The van der Waals surface area contributed by atoms with Gasteiger partial charge in [-0.25, -0.2) is 4.79 Å². The number of amides is 1. The van der Waals surface area contributed by atoms with Gasteiger partial charge in [-0.05, 0) is 20.8 Å². The van der Waals surface area contributed by atoms with Crippen LogP contribution < -0.4 is 5.32 Å². The van der Waals surface area contributed by atoms with Gasteiger partial charge in [-0.15, -0.1) is 6.58 Å². The molecule has 0 bridgehead atoms. The van der Waals surface area contributed by atoms with Crippen molar-refractivity contribution in [1.82, 2.24) is 5.32 Å². The first-order valence-corrected chi connectivity index (χ1v) is 5.30. The van der Waals surface area contributed by atoms with Crippen molar-refractivity contribution in [2.45, 2.75) is 44.6 Å². The molecule has 6 heteroatoms. The number of aliphatic hydroxyl groups is 3. The van der Waals surface area contributed by atoms with E-state index in [-0.39, 0.29) is 0 Å². The Hall–Kier alpha value is -1.11. The minimum atomic E-state index is -1.34. The Kier molecular flexibility index (Phi) is 6.15. The van der Waals surface area contributed by atoms with Crippen LogP contribution in [-0.4, -0.2) is 51.9 Å². The number of rotatable bonds is 5. The third-order valence-electron chi connectivity index (χ3n) is 1.90. The van der Waals surface area contributed by atoms with Gasteiger partial charge in [-0.2, -0.15) is 0 Å². The van der Waals surface area contributed by atoms with Crippen LogP contribution in [0, 0.1) is 0 Å².